The van der Waals surface area contributed by atoms with Crippen molar-refractivity contribution in [3.63, 3.8) is 0 Å². The van der Waals surface area contributed by atoms with Gasteiger partial charge in [0.2, 0.25) is 0 Å². The number of anilines is 2. The summed E-state index contributed by atoms with van der Waals surface area (Å²) in [4.78, 5) is 35.3. The minimum atomic E-state index is -1.12. The van der Waals surface area contributed by atoms with Crippen molar-refractivity contribution in [2.24, 2.45) is 0 Å². The molecule has 2 aromatic carbocycles. The maximum atomic E-state index is 12.3. The number of esters is 1. The van der Waals surface area contributed by atoms with Crippen LogP contribution in [0.3, 0.4) is 0 Å². The molecule has 0 heterocycles. The number of hydrogen-bond acceptors (Lipinski definition) is 6. The second kappa shape index (κ2) is 8.26. The van der Waals surface area contributed by atoms with Gasteiger partial charge in [-0.2, -0.15) is 0 Å². The molecule has 0 aromatic heterocycles. The number of amides is 1. The Morgan fingerprint density at radius 2 is 1.93 bits per heavy atom. The van der Waals surface area contributed by atoms with E-state index in [4.69, 9.17) is 16.3 Å². The van der Waals surface area contributed by atoms with Crippen molar-refractivity contribution in [2.45, 2.75) is 31.9 Å². The van der Waals surface area contributed by atoms with Crippen LogP contribution in [0.25, 0.3) is 0 Å². The first-order valence-electron chi connectivity index (χ1n) is 8.66. The van der Waals surface area contributed by atoms with Crippen LogP contribution in [0.4, 0.5) is 17.1 Å². The molecule has 146 valence electrons. The summed E-state index contributed by atoms with van der Waals surface area (Å²) >= 11 is 5.98. The molecule has 1 saturated carbocycles. The molecule has 28 heavy (non-hydrogen) atoms. The van der Waals surface area contributed by atoms with E-state index >= 15 is 0 Å². The number of nitro benzene ring substituents is 1. The van der Waals surface area contributed by atoms with Crippen LogP contribution in [0.15, 0.2) is 42.5 Å². The number of carbonyl (C=O) groups is 2. The van der Waals surface area contributed by atoms with Gasteiger partial charge in [0, 0.05) is 12.1 Å². The molecule has 8 nitrogen and oxygen atoms in total. The third-order valence-electron chi connectivity index (χ3n) is 4.15. The third-order valence-corrected chi connectivity index (χ3v) is 4.48. The zero-order valence-electron chi connectivity index (χ0n) is 15.0. The van der Waals surface area contributed by atoms with Crippen LogP contribution in [0.1, 0.15) is 30.1 Å². The lowest BCUT2D eigenvalue weighted by Gasteiger charge is -2.14. The van der Waals surface area contributed by atoms with E-state index in [1.54, 1.807) is 24.3 Å². The fourth-order valence-corrected chi connectivity index (χ4v) is 2.64. The number of halogens is 1. The van der Waals surface area contributed by atoms with Gasteiger partial charge in [-0.15, -0.1) is 0 Å². The van der Waals surface area contributed by atoms with Gasteiger partial charge in [0.25, 0.3) is 11.6 Å². The number of hydrogen-bond donors (Lipinski definition) is 2. The van der Waals surface area contributed by atoms with Crippen LogP contribution in [-0.2, 0) is 9.53 Å². The molecule has 0 bridgehead atoms. The van der Waals surface area contributed by atoms with Crippen molar-refractivity contribution in [1.82, 2.24) is 0 Å². The lowest BCUT2D eigenvalue weighted by molar-refractivity contribution is -0.384. The van der Waals surface area contributed by atoms with Crippen LogP contribution in [0.5, 0.6) is 0 Å². The first-order valence-corrected chi connectivity index (χ1v) is 9.04. The molecular formula is C19H18ClN3O5. The second-order valence-electron chi connectivity index (χ2n) is 6.42. The summed E-state index contributed by atoms with van der Waals surface area (Å²) in [5, 5.41) is 17.3. The van der Waals surface area contributed by atoms with Crippen LogP contribution in [0, 0.1) is 10.1 Å². The molecule has 1 aliphatic carbocycles. The van der Waals surface area contributed by atoms with E-state index in [2.05, 4.69) is 10.6 Å². The van der Waals surface area contributed by atoms with Crippen molar-refractivity contribution in [3.8, 4) is 0 Å². The summed E-state index contributed by atoms with van der Waals surface area (Å²) in [5.41, 5.74) is 0.525. The normalized spacial score (nSPS) is 14.1. The lowest BCUT2D eigenvalue weighted by atomic mass is 10.1. The summed E-state index contributed by atoms with van der Waals surface area (Å²) in [6.07, 6.45) is 0.796. The molecule has 1 atom stereocenters. The zero-order valence-corrected chi connectivity index (χ0v) is 15.7. The Labute approximate surface area is 166 Å². The SMILES string of the molecule is C[C@H](OC(=O)c1ccc(NC2CC2)c([N+](=O)[O-])c1)C(=O)Nc1ccccc1Cl. The Balaban J connectivity index is 1.67. The van der Waals surface area contributed by atoms with Gasteiger partial charge in [-0.1, -0.05) is 23.7 Å². The van der Waals surface area contributed by atoms with Gasteiger partial charge in [0.15, 0.2) is 6.10 Å². The summed E-state index contributed by atoms with van der Waals surface area (Å²) in [5.74, 6) is -1.40. The average Bonchev–Trinajstić information content (AvgIpc) is 3.47. The Morgan fingerprint density at radius 3 is 2.57 bits per heavy atom. The van der Waals surface area contributed by atoms with E-state index in [0.717, 1.165) is 18.9 Å². The molecular weight excluding hydrogens is 386 g/mol. The molecule has 0 spiro atoms. The number of para-hydroxylation sites is 1. The Bertz CT molecular complexity index is 930. The first kappa shape index (κ1) is 19.6. The number of nitro groups is 1. The van der Waals surface area contributed by atoms with Crippen molar-refractivity contribution in [1.29, 1.82) is 0 Å². The average molecular weight is 404 g/mol. The Morgan fingerprint density at radius 1 is 1.21 bits per heavy atom. The van der Waals surface area contributed by atoms with Crippen LogP contribution in [-0.4, -0.2) is 28.9 Å². The number of benzene rings is 2. The molecule has 2 N–H and O–H groups in total. The number of nitrogens with zero attached hydrogens (tertiary/aromatic N) is 1. The summed E-state index contributed by atoms with van der Waals surface area (Å²) in [7, 11) is 0. The molecule has 0 radical (unpaired) electrons. The van der Waals surface area contributed by atoms with Gasteiger partial charge in [0.05, 0.1) is 21.2 Å². The fraction of sp³-hybridized carbons (Fsp3) is 0.263. The van der Waals surface area contributed by atoms with E-state index < -0.39 is 22.9 Å². The second-order valence-corrected chi connectivity index (χ2v) is 6.83. The zero-order chi connectivity index (χ0) is 20.3. The van der Waals surface area contributed by atoms with Crippen molar-refractivity contribution < 1.29 is 19.2 Å². The van der Waals surface area contributed by atoms with Crippen molar-refractivity contribution in [3.05, 3.63) is 63.2 Å². The van der Waals surface area contributed by atoms with E-state index in [9.17, 15) is 19.7 Å². The lowest BCUT2D eigenvalue weighted by Crippen LogP contribution is -2.30. The number of carbonyl (C=O) groups excluding carboxylic acids is 2. The number of nitrogens with one attached hydrogen (secondary N) is 2. The van der Waals surface area contributed by atoms with Gasteiger partial charge in [-0.05, 0) is 44.0 Å². The van der Waals surface area contributed by atoms with E-state index in [1.165, 1.54) is 19.1 Å². The highest BCUT2D eigenvalue weighted by Gasteiger charge is 2.26. The van der Waals surface area contributed by atoms with E-state index in [1.807, 2.05) is 0 Å². The van der Waals surface area contributed by atoms with E-state index in [-0.39, 0.29) is 17.3 Å². The topological polar surface area (TPSA) is 111 Å². The Hall–Kier alpha value is -3.13. The van der Waals surface area contributed by atoms with Gasteiger partial charge in [0.1, 0.15) is 5.69 Å². The van der Waals surface area contributed by atoms with Crippen LogP contribution < -0.4 is 10.6 Å². The maximum absolute atomic E-state index is 12.3. The standard InChI is InChI=1S/C19H18ClN3O5/c1-11(18(24)22-15-5-3-2-4-14(15)20)28-19(25)12-6-9-16(21-13-7-8-13)17(10-12)23(26)27/h2-6,9-11,13,21H,7-8H2,1H3,(H,22,24)/t11-/m0/s1. The molecule has 1 amide bonds. The molecule has 1 fully saturated rings. The highest BCUT2D eigenvalue weighted by Crippen LogP contribution is 2.31. The molecule has 0 aliphatic heterocycles. The first-order chi connectivity index (χ1) is 13.3. The molecule has 2 aromatic rings. The Kier molecular flexibility index (Phi) is 5.79. The number of rotatable bonds is 7. The molecule has 0 unspecified atom stereocenters. The van der Waals surface area contributed by atoms with Gasteiger partial charge >= 0.3 is 5.97 Å². The quantitative estimate of drug-likeness (QED) is 0.410. The molecule has 1 aliphatic rings. The minimum Gasteiger partial charge on any atom is -0.449 e. The summed E-state index contributed by atoms with van der Waals surface area (Å²) in [6.45, 7) is 1.40. The smallest absolute Gasteiger partial charge is 0.339 e. The predicted octanol–water partition coefficient (Wildman–Crippen LogP) is 4.01. The third kappa shape index (κ3) is 4.77. The van der Waals surface area contributed by atoms with E-state index in [0.29, 0.717) is 16.4 Å². The molecule has 0 saturated heterocycles. The molecule has 9 heteroatoms. The van der Waals surface area contributed by atoms with Gasteiger partial charge in [-0.25, -0.2) is 4.79 Å². The van der Waals surface area contributed by atoms with Gasteiger partial charge < -0.3 is 15.4 Å². The monoisotopic (exact) mass is 403 g/mol. The van der Waals surface area contributed by atoms with Crippen molar-refractivity contribution >= 4 is 40.5 Å². The van der Waals surface area contributed by atoms with Crippen LogP contribution >= 0.6 is 11.6 Å². The molecule has 3 rings (SSSR count). The predicted molar refractivity (Wildman–Crippen MR) is 105 cm³/mol. The van der Waals surface area contributed by atoms with Crippen LogP contribution in [0.2, 0.25) is 5.02 Å². The number of ether oxygens (including phenoxy) is 1. The highest BCUT2D eigenvalue weighted by atomic mass is 35.5. The fourth-order valence-electron chi connectivity index (χ4n) is 2.46. The summed E-state index contributed by atoms with van der Waals surface area (Å²) < 4.78 is 5.14. The summed E-state index contributed by atoms with van der Waals surface area (Å²) in [6, 6.07) is 10.9. The minimum absolute atomic E-state index is 0.00885. The maximum Gasteiger partial charge on any atom is 0.339 e. The van der Waals surface area contributed by atoms with Gasteiger partial charge in [-0.3, -0.25) is 14.9 Å². The van der Waals surface area contributed by atoms with Crippen molar-refractivity contribution in [2.75, 3.05) is 10.6 Å². The highest BCUT2D eigenvalue weighted by molar-refractivity contribution is 6.33. The largest absolute Gasteiger partial charge is 0.449 e.